The van der Waals surface area contributed by atoms with Gasteiger partial charge in [0.15, 0.2) is 0 Å². The summed E-state index contributed by atoms with van der Waals surface area (Å²) >= 11 is 0. The summed E-state index contributed by atoms with van der Waals surface area (Å²) in [4.78, 5) is 18.7. The van der Waals surface area contributed by atoms with E-state index in [9.17, 15) is 10.1 Å². The molecule has 3 heterocycles. The molecule has 4 fully saturated rings. The molecule has 2 saturated carbocycles. The van der Waals surface area contributed by atoms with Crippen LogP contribution in [0.2, 0.25) is 0 Å². The second-order valence-corrected chi connectivity index (χ2v) is 8.85. The van der Waals surface area contributed by atoms with E-state index in [-0.39, 0.29) is 17.2 Å². The molecule has 3 atom stereocenters. The number of nitrogens with zero attached hydrogens (tertiary/aromatic N) is 2. The van der Waals surface area contributed by atoms with E-state index in [2.05, 4.69) is 47.3 Å². The predicted octanol–water partition coefficient (Wildman–Crippen LogP) is 4.34. The van der Waals surface area contributed by atoms with E-state index in [1.165, 1.54) is 10.9 Å². The van der Waals surface area contributed by atoms with Gasteiger partial charge in [-0.2, -0.15) is 5.26 Å². The highest BCUT2D eigenvalue weighted by atomic mass is 16.2. The monoisotopic (exact) mass is 347 g/mol. The Morgan fingerprint density at radius 2 is 2.04 bits per heavy atom. The summed E-state index contributed by atoms with van der Waals surface area (Å²) < 4.78 is 0. The second-order valence-electron chi connectivity index (χ2n) is 8.85. The molecule has 134 valence electrons. The highest BCUT2D eigenvalue weighted by Gasteiger charge is 2.55. The molecule has 1 aromatic heterocycles. The quantitative estimate of drug-likeness (QED) is 0.897. The molecular weight excluding hydrogens is 322 g/mol. The Morgan fingerprint density at radius 1 is 1.31 bits per heavy atom. The number of hydrogen-bond acceptors (Lipinski definition) is 2. The average Bonchev–Trinajstić information content (AvgIpc) is 3.05. The first-order valence-corrected chi connectivity index (χ1v) is 9.87. The molecule has 4 nitrogen and oxygen atoms in total. The van der Waals surface area contributed by atoms with Crippen molar-refractivity contribution in [1.82, 2.24) is 9.88 Å². The lowest BCUT2D eigenvalue weighted by Crippen LogP contribution is -2.63. The van der Waals surface area contributed by atoms with Crippen LogP contribution in [0.4, 0.5) is 0 Å². The van der Waals surface area contributed by atoms with Crippen molar-refractivity contribution in [2.24, 2.45) is 11.3 Å². The van der Waals surface area contributed by atoms with Crippen molar-refractivity contribution >= 4 is 16.8 Å². The van der Waals surface area contributed by atoms with Crippen molar-refractivity contribution < 1.29 is 4.79 Å². The van der Waals surface area contributed by atoms with Gasteiger partial charge in [-0.25, -0.2) is 0 Å². The molecule has 0 spiro atoms. The largest absolute Gasteiger partial charge is 0.361 e. The smallest absolute Gasteiger partial charge is 0.223 e. The van der Waals surface area contributed by atoms with Gasteiger partial charge < -0.3 is 9.88 Å². The van der Waals surface area contributed by atoms with Crippen LogP contribution >= 0.6 is 0 Å². The van der Waals surface area contributed by atoms with Crippen molar-refractivity contribution in [3.63, 3.8) is 0 Å². The van der Waals surface area contributed by atoms with Crippen LogP contribution in [0.1, 0.15) is 56.9 Å². The highest BCUT2D eigenvalue weighted by Crippen LogP contribution is 2.56. The molecule has 2 aliphatic carbocycles. The number of nitriles is 1. The first-order valence-electron chi connectivity index (χ1n) is 9.87. The summed E-state index contributed by atoms with van der Waals surface area (Å²) in [6, 6.07) is 11.5. The first-order chi connectivity index (χ1) is 12.6. The summed E-state index contributed by atoms with van der Waals surface area (Å²) in [6.07, 6.45) is 7.66. The van der Waals surface area contributed by atoms with Crippen LogP contribution < -0.4 is 0 Å². The van der Waals surface area contributed by atoms with Gasteiger partial charge in [0.05, 0.1) is 11.5 Å². The molecule has 2 aliphatic heterocycles. The minimum Gasteiger partial charge on any atom is -0.361 e. The van der Waals surface area contributed by atoms with Crippen LogP contribution in [0.15, 0.2) is 30.5 Å². The van der Waals surface area contributed by atoms with E-state index in [1.54, 1.807) is 0 Å². The van der Waals surface area contributed by atoms with E-state index in [0.717, 1.165) is 37.6 Å². The Bertz CT molecular complexity index is 891. The molecule has 2 saturated heterocycles. The Kier molecular flexibility index (Phi) is 3.44. The topological polar surface area (TPSA) is 59.9 Å². The van der Waals surface area contributed by atoms with Gasteiger partial charge in [0, 0.05) is 35.6 Å². The third-order valence-corrected chi connectivity index (χ3v) is 7.09. The van der Waals surface area contributed by atoms with Gasteiger partial charge in [-0.1, -0.05) is 25.1 Å². The minimum atomic E-state index is -0.143. The number of nitrogens with one attached hydrogen (secondary N) is 1. The van der Waals surface area contributed by atoms with Gasteiger partial charge in [0.2, 0.25) is 5.91 Å². The van der Waals surface area contributed by atoms with E-state index in [4.69, 9.17) is 0 Å². The fraction of sp³-hybridized carbons (Fsp3) is 0.545. The van der Waals surface area contributed by atoms with E-state index in [0.29, 0.717) is 24.4 Å². The molecule has 0 radical (unpaired) electrons. The molecule has 3 unspecified atom stereocenters. The van der Waals surface area contributed by atoms with Crippen LogP contribution in [-0.4, -0.2) is 27.9 Å². The fourth-order valence-corrected chi connectivity index (χ4v) is 6.15. The summed E-state index contributed by atoms with van der Waals surface area (Å²) in [5.74, 6) is 1.13. The zero-order valence-electron chi connectivity index (χ0n) is 15.2. The molecule has 1 amide bonds. The number of fused-ring (bicyclic) bond motifs is 1. The maximum atomic E-state index is 13.2. The van der Waals surface area contributed by atoms with Gasteiger partial charge in [-0.3, -0.25) is 4.79 Å². The summed E-state index contributed by atoms with van der Waals surface area (Å²) in [5, 5.41) is 10.9. The Morgan fingerprint density at radius 3 is 2.77 bits per heavy atom. The number of piperidine rings is 2. The second kappa shape index (κ2) is 5.61. The summed E-state index contributed by atoms with van der Waals surface area (Å²) in [6.45, 7) is 2.15. The predicted molar refractivity (Wildman–Crippen MR) is 100 cm³/mol. The Balaban J connectivity index is 1.36. The summed E-state index contributed by atoms with van der Waals surface area (Å²) in [5.41, 5.74) is 2.22. The fourth-order valence-electron chi connectivity index (χ4n) is 6.15. The lowest BCUT2D eigenvalue weighted by molar-refractivity contribution is -0.153. The van der Waals surface area contributed by atoms with Crippen molar-refractivity contribution in [3.05, 3.63) is 36.0 Å². The van der Waals surface area contributed by atoms with Crippen molar-refractivity contribution in [2.75, 3.05) is 0 Å². The van der Waals surface area contributed by atoms with Crippen LogP contribution in [0.25, 0.3) is 10.9 Å². The van der Waals surface area contributed by atoms with Gasteiger partial charge in [-0.15, -0.1) is 0 Å². The number of carbonyl (C=O) groups is 1. The zero-order chi connectivity index (χ0) is 17.9. The highest BCUT2D eigenvalue weighted by molar-refractivity contribution is 5.85. The normalized spacial score (nSPS) is 33.4. The molecular formula is C22H25N3O. The van der Waals surface area contributed by atoms with Crippen LogP contribution in [-0.2, 0) is 4.79 Å². The zero-order valence-corrected chi connectivity index (χ0v) is 15.2. The van der Waals surface area contributed by atoms with Gasteiger partial charge in [-0.05, 0) is 55.6 Å². The molecule has 4 bridgehead atoms. The van der Waals surface area contributed by atoms with Crippen LogP contribution in [0, 0.1) is 22.7 Å². The Labute approximate surface area is 154 Å². The molecule has 4 aliphatic rings. The number of H-pyrrole nitrogens is 1. The first kappa shape index (κ1) is 15.9. The maximum absolute atomic E-state index is 13.2. The van der Waals surface area contributed by atoms with Gasteiger partial charge in [0.25, 0.3) is 0 Å². The molecule has 26 heavy (non-hydrogen) atoms. The maximum Gasteiger partial charge on any atom is 0.223 e. The van der Waals surface area contributed by atoms with Crippen molar-refractivity contribution in [2.45, 2.75) is 63.5 Å². The minimum absolute atomic E-state index is 0.143. The van der Waals surface area contributed by atoms with Crippen LogP contribution in [0.3, 0.4) is 0 Å². The third kappa shape index (κ3) is 2.30. The number of aromatic nitrogens is 1. The standard InChI is InChI=1S/C22H25N3O/c1-14(19-12-24-20-5-3-2-4-18(19)20)6-21(26)25-16-7-15-8-17(25)11-22(9-15,10-16)13-23/h2-5,12,14-17,24H,6-11H2,1H3. The molecule has 4 heteroatoms. The number of rotatable bonds is 3. The van der Waals surface area contributed by atoms with Crippen LogP contribution in [0.5, 0.6) is 0 Å². The SMILES string of the molecule is CC(CC(=O)N1C2CC3CC1CC(C#N)(C3)C2)c1c[nH]c2ccccc12. The number of aromatic amines is 1. The number of hydrogen-bond donors (Lipinski definition) is 1. The van der Waals surface area contributed by atoms with E-state index < -0.39 is 0 Å². The summed E-state index contributed by atoms with van der Waals surface area (Å²) in [7, 11) is 0. The average molecular weight is 347 g/mol. The molecule has 1 aromatic carbocycles. The van der Waals surface area contributed by atoms with E-state index >= 15 is 0 Å². The van der Waals surface area contributed by atoms with Gasteiger partial charge in [0.1, 0.15) is 0 Å². The number of amides is 1. The van der Waals surface area contributed by atoms with Gasteiger partial charge >= 0.3 is 0 Å². The van der Waals surface area contributed by atoms with E-state index in [1.807, 2.05) is 6.07 Å². The molecule has 6 rings (SSSR count). The number of carbonyl (C=O) groups excluding carboxylic acids is 1. The lowest BCUT2D eigenvalue weighted by Gasteiger charge is -2.59. The molecule has 2 aromatic rings. The Hall–Kier alpha value is -2.28. The number of benzene rings is 1. The van der Waals surface area contributed by atoms with Crippen molar-refractivity contribution in [3.8, 4) is 6.07 Å². The molecule has 1 N–H and O–H groups in total. The lowest BCUT2D eigenvalue weighted by atomic mass is 9.56. The number of para-hydroxylation sites is 1. The van der Waals surface area contributed by atoms with Crippen molar-refractivity contribution in [1.29, 1.82) is 5.26 Å². The third-order valence-electron chi connectivity index (χ3n) is 7.09.